The van der Waals surface area contributed by atoms with Crippen LogP contribution in [0.25, 0.3) is 0 Å². The lowest BCUT2D eigenvalue weighted by molar-refractivity contribution is 0.295. The van der Waals surface area contributed by atoms with Gasteiger partial charge in [-0.2, -0.15) is 0 Å². The molecule has 1 rings (SSSR count). The summed E-state index contributed by atoms with van der Waals surface area (Å²) in [5, 5.41) is -0.0321. The Morgan fingerprint density at radius 2 is 1.63 bits per heavy atom. The van der Waals surface area contributed by atoms with Crippen molar-refractivity contribution in [2.24, 2.45) is 11.3 Å². The van der Waals surface area contributed by atoms with E-state index in [1.165, 1.54) is 0 Å². The van der Waals surface area contributed by atoms with Crippen LogP contribution in [-0.4, -0.2) is 0 Å². The number of rotatable bonds is 4. The molecule has 0 N–H and O–H groups in total. The first-order valence-electron chi connectivity index (χ1n) is 7.01. The second-order valence-electron chi connectivity index (χ2n) is 7.04. The van der Waals surface area contributed by atoms with E-state index in [-0.39, 0.29) is 11.2 Å². The molecule has 0 saturated heterocycles. The Bertz CT molecular complexity index is 408. The van der Waals surface area contributed by atoms with Crippen LogP contribution in [0.5, 0.6) is 0 Å². The number of aryl methyl sites for hydroxylation is 2. The summed E-state index contributed by atoms with van der Waals surface area (Å²) in [5.41, 5.74) is 2.73. The highest BCUT2D eigenvalue weighted by atomic mass is 35.5. The molecule has 0 spiro atoms. The van der Waals surface area contributed by atoms with Crippen LogP contribution in [0, 0.1) is 31.0 Å². The molecule has 2 unspecified atom stereocenters. The van der Waals surface area contributed by atoms with Gasteiger partial charge in [0.25, 0.3) is 0 Å². The fourth-order valence-electron chi connectivity index (χ4n) is 2.78. The molecule has 0 aromatic heterocycles. The highest BCUT2D eigenvalue weighted by Gasteiger charge is 2.19. The van der Waals surface area contributed by atoms with Gasteiger partial charge in [-0.1, -0.05) is 39.8 Å². The molecule has 0 bridgehead atoms. The van der Waals surface area contributed by atoms with E-state index in [1.54, 1.807) is 13.8 Å². The Labute approximate surface area is 122 Å². The Balaban J connectivity index is 2.76. The van der Waals surface area contributed by atoms with Gasteiger partial charge in [-0.25, -0.2) is 4.39 Å². The van der Waals surface area contributed by atoms with E-state index in [2.05, 4.69) is 27.7 Å². The van der Waals surface area contributed by atoms with Crippen molar-refractivity contribution in [3.8, 4) is 0 Å². The number of hydrogen-bond acceptors (Lipinski definition) is 0. The fourth-order valence-corrected chi connectivity index (χ4v) is 3.21. The van der Waals surface area contributed by atoms with Crippen molar-refractivity contribution < 1.29 is 4.39 Å². The molecule has 1 aromatic rings. The van der Waals surface area contributed by atoms with Gasteiger partial charge in [0.15, 0.2) is 0 Å². The zero-order chi connectivity index (χ0) is 14.8. The predicted molar refractivity (Wildman–Crippen MR) is 82.3 cm³/mol. The van der Waals surface area contributed by atoms with Crippen molar-refractivity contribution in [2.75, 3.05) is 0 Å². The van der Waals surface area contributed by atoms with E-state index in [1.807, 2.05) is 12.1 Å². The zero-order valence-electron chi connectivity index (χ0n) is 13.0. The van der Waals surface area contributed by atoms with Gasteiger partial charge in [0.2, 0.25) is 0 Å². The van der Waals surface area contributed by atoms with Crippen LogP contribution in [0.1, 0.15) is 62.6 Å². The van der Waals surface area contributed by atoms with E-state index in [9.17, 15) is 4.39 Å². The lowest BCUT2D eigenvalue weighted by Gasteiger charge is -2.25. The van der Waals surface area contributed by atoms with Gasteiger partial charge in [-0.05, 0) is 54.7 Å². The van der Waals surface area contributed by atoms with Crippen LogP contribution in [0.4, 0.5) is 4.39 Å². The van der Waals surface area contributed by atoms with Crippen molar-refractivity contribution in [2.45, 2.75) is 59.8 Å². The largest absolute Gasteiger partial charge is 0.206 e. The maximum Gasteiger partial charge on any atom is 0.129 e. The third kappa shape index (κ3) is 5.14. The Hall–Kier alpha value is -0.560. The molecule has 19 heavy (non-hydrogen) atoms. The maximum atomic E-state index is 13.6. The van der Waals surface area contributed by atoms with Gasteiger partial charge in [-0.15, -0.1) is 11.6 Å². The summed E-state index contributed by atoms with van der Waals surface area (Å²) in [7, 11) is 0. The summed E-state index contributed by atoms with van der Waals surface area (Å²) in [6, 6.07) is 3.76. The number of halogens is 2. The average molecular weight is 285 g/mol. The molecule has 0 aliphatic heterocycles. The normalized spacial score (nSPS) is 15.4. The molecule has 2 atom stereocenters. The second kappa shape index (κ2) is 6.26. The minimum Gasteiger partial charge on any atom is -0.206 e. The van der Waals surface area contributed by atoms with Gasteiger partial charge >= 0.3 is 0 Å². The Morgan fingerprint density at radius 3 is 2.05 bits per heavy atom. The third-order valence-corrected chi connectivity index (χ3v) is 3.82. The first-order chi connectivity index (χ1) is 8.60. The van der Waals surface area contributed by atoms with Crippen molar-refractivity contribution in [1.82, 2.24) is 0 Å². The molecule has 0 heterocycles. The molecule has 0 aliphatic rings. The van der Waals surface area contributed by atoms with Gasteiger partial charge in [-0.3, -0.25) is 0 Å². The molecular weight excluding hydrogens is 259 g/mol. The van der Waals surface area contributed by atoms with Gasteiger partial charge in [0.05, 0.1) is 5.38 Å². The van der Waals surface area contributed by atoms with Crippen LogP contribution in [0.15, 0.2) is 12.1 Å². The standard InChI is InChI=1S/C17H26ClF/c1-11(10-17(4,5)6)7-15(18)14-8-12(2)16(19)13(3)9-14/h8-9,11,15H,7,10H2,1-6H3. The van der Waals surface area contributed by atoms with Crippen molar-refractivity contribution in [3.05, 3.63) is 34.6 Å². The molecule has 0 radical (unpaired) electrons. The fraction of sp³-hybridized carbons (Fsp3) is 0.647. The molecule has 108 valence electrons. The maximum absolute atomic E-state index is 13.6. The smallest absolute Gasteiger partial charge is 0.129 e. The predicted octanol–water partition coefficient (Wildman–Crippen LogP) is 6.18. The third-order valence-electron chi connectivity index (χ3n) is 3.39. The Kier molecular flexibility index (Phi) is 5.43. The SMILES string of the molecule is Cc1cc(C(Cl)CC(C)CC(C)(C)C)cc(C)c1F. The molecule has 0 saturated carbocycles. The van der Waals surface area contributed by atoms with Crippen molar-refractivity contribution >= 4 is 11.6 Å². The number of hydrogen-bond donors (Lipinski definition) is 0. The van der Waals surface area contributed by atoms with Crippen molar-refractivity contribution in [1.29, 1.82) is 0 Å². The van der Waals surface area contributed by atoms with Crippen LogP contribution in [-0.2, 0) is 0 Å². The lowest BCUT2D eigenvalue weighted by atomic mass is 9.83. The van der Waals surface area contributed by atoms with E-state index in [0.717, 1.165) is 18.4 Å². The van der Waals surface area contributed by atoms with Crippen LogP contribution in [0.3, 0.4) is 0 Å². The number of benzene rings is 1. The van der Waals surface area contributed by atoms with Gasteiger partial charge in [0.1, 0.15) is 5.82 Å². The molecule has 0 nitrogen and oxygen atoms in total. The molecular formula is C17H26ClF. The molecule has 1 aromatic carbocycles. The zero-order valence-corrected chi connectivity index (χ0v) is 13.7. The quantitative estimate of drug-likeness (QED) is 0.579. The summed E-state index contributed by atoms with van der Waals surface area (Å²) in [6.07, 6.45) is 2.08. The minimum atomic E-state index is -0.115. The monoisotopic (exact) mass is 284 g/mol. The second-order valence-corrected chi connectivity index (χ2v) is 7.57. The first-order valence-corrected chi connectivity index (χ1v) is 7.44. The average Bonchev–Trinajstić information content (AvgIpc) is 2.22. The first kappa shape index (κ1) is 16.5. The summed E-state index contributed by atoms with van der Waals surface area (Å²) >= 11 is 6.50. The summed E-state index contributed by atoms with van der Waals surface area (Å²) in [5.74, 6) is 0.448. The highest BCUT2D eigenvalue weighted by Crippen LogP contribution is 2.34. The molecule has 2 heteroatoms. The van der Waals surface area contributed by atoms with E-state index < -0.39 is 0 Å². The summed E-state index contributed by atoms with van der Waals surface area (Å²) in [6.45, 7) is 12.6. The van der Waals surface area contributed by atoms with Gasteiger partial charge < -0.3 is 0 Å². The van der Waals surface area contributed by atoms with Crippen molar-refractivity contribution in [3.63, 3.8) is 0 Å². The number of alkyl halides is 1. The van der Waals surface area contributed by atoms with Crippen LogP contribution < -0.4 is 0 Å². The van der Waals surface area contributed by atoms with Crippen LogP contribution in [0.2, 0.25) is 0 Å². The highest BCUT2D eigenvalue weighted by molar-refractivity contribution is 6.20. The topological polar surface area (TPSA) is 0 Å². The van der Waals surface area contributed by atoms with Gasteiger partial charge in [0, 0.05) is 0 Å². The molecule has 0 fully saturated rings. The minimum absolute atomic E-state index is 0.0321. The van der Waals surface area contributed by atoms with E-state index in [0.29, 0.717) is 22.5 Å². The lowest BCUT2D eigenvalue weighted by Crippen LogP contribution is -2.12. The Morgan fingerprint density at radius 1 is 1.16 bits per heavy atom. The molecule has 0 amide bonds. The van der Waals surface area contributed by atoms with E-state index >= 15 is 0 Å². The van der Waals surface area contributed by atoms with Crippen LogP contribution >= 0.6 is 11.6 Å². The summed E-state index contributed by atoms with van der Waals surface area (Å²) in [4.78, 5) is 0. The molecule has 0 aliphatic carbocycles. The van der Waals surface area contributed by atoms with E-state index in [4.69, 9.17) is 11.6 Å². The summed E-state index contributed by atoms with van der Waals surface area (Å²) < 4.78 is 13.6.